The molecule has 0 amide bonds. The minimum atomic E-state index is 0.385. The van der Waals surface area contributed by atoms with Gasteiger partial charge in [0.1, 0.15) is 0 Å². The van der Waals surface area contributed by atoms with Crippen molar-refractivity contribution in [2.45, 2.75) is 32.2 Å². The summed E-state index contributed by atoms with van der Waals surface area (Å²) in [6.07, 6.45) is 12.1. The van der Waals surface area contributed by atoms with Gasteiger partial charge in [0.2, 0.25) is 0 Å². The first-order chi connectivity index (χ1) is 5.33. The van der Waals surface area contributed by atoms with Crippen LogP contribution in [-0.2, 0) is 0 Å². The summed E-state index contributed by atoms with van der Waals surface area (Å²) in [5.74, 6) is 0.690. The van der Waals surface area contributed by atoms with Crippen LogP contribution in [0.5, 0.6) is 0 Å². The Kier molecular flexibility index (Phi) is 3.37. The predicted molar refractivity (Wildman–Crippen MR) is 49.3 cm³/mol. The fourth-order valence-electron chi connectivity index (χ4n) is 1.36. The van der Waals surface area contributed by atoms with Crippen molar-refractivity contribution in [3.05, 3.63) is 24.3 Å². The highest BCUT2D eigenvalue weighted by Gasteiger charge is 2.08. The molecule has 2 N–H and O–H groups in total. The highest BCUT2D eigenvalue weighted by molar-refractivity contribution is 5.10. The topological polar surface area (TPSA) is 26.0 Å². The molecule has 1 heteroatoms. The molecule has 0 saturated carbocycles. The van der Waals surface area contributed by atoms with E-state index in [1.165, 1.54) is 6.42 Å². The van der Waals surface area contributed by atoms with Crippen LogP contribution in [0, 0.1) is 5.92 Å². The van der Waals surface area contributed by atoms with E-state index in [1.54, 1.807) is 0 Å². The maximum atomic E-state index is 5.85. The summed E-state index contributed by atoms with van der Waals surface area (Å²) in [5.41, 5.74) is 5.85. The molecule has 0 aromatic carbocycles. The monoisotopic (exact) mass is 151 g/mol. The van der Waals surface area contributed by atoms with Crippen LogP contribution in [0.2, 0.25) is 0 Å². The van der Waals surface area contributed by atoms with Crippen molar-refractivity contribution in [2.75, 3.05) is 0 Å². The molecule has 11 heavy (non-hydrogen) atoms. The minimum Gasteiger partial charge on any atom is -0.328 e. The first kappa shape index (κ1) is 8.54. The van der Waals surface area contributed by atoms with Gasteiger partial charge in [0, 0.05) is 6.04 Å². The van der Waals surface area contributed by atoms with Gasteiger partial charge in [0.05, 0.1) is 0 Å². The van der Waals surface area contributed by atoms with Gasteiger partial charge in [-0.05, 0) is 25.2 Å². The minimum absolute atomic E-state index is 0.385. The summed E-state index contributed by atoms with van der Waals surface area (Å²) >= 11 is 0. The van der Waals surface area contributed by atoms with Gasteiger partial charge in [0.15, 0.2) is 0 Å². The molecule has 2 atom stereocenters. The molecule has 0 heterocycles. The molecule has 0 bridgehead atoms. The Balaban J connectivity index is 2.27. The Morgan fingerprint density at radius 3 is 2.91 bits per heavy atom. The lowest BCUT2D eigenvalue weighted by Crippen LogP contribution is -2.22. The Labute approximate surface area is 69.0 Å². The van der Waals surface area contributed by atoms with Crippen LogP contribution in [0.15, 0.2) is 24.3 Å². The lowest BCUT2D eigenvalue weighted by Gasteiger charge is -2.16. The van der Waals surface area contributed by atoms with Gasteiger partial charge in [-0.15, -0.1) is 0 Å². The molecule has 1 aliphatic carbocycles. The third-order valence-corrected chi connectivity index (χ3v) is 2.20. The standard InChI is InChI=1S/C10H17N/c1-2-10(11)8-9-6-4-3-5-7-9/h3-6,9-10H,2,7-8,11H2,1H3. The predicted octanol–water partition coefficient (Wildman–Crippen LogP) is 2.25. The number of allylic oxidation sites excluding steroid dienone is 4. The fraction of sp³-hybridized carbons (Fsp3) is 0.600. The molecule has 0 saturated heterocycles. The molecule has 1 rings (SSSR count). The molecular weight excluding hydrogens is 134 g/mol. The van der Waals surface area contributed by atoms with Crippen LogP contribution in [0.1, 0.15) is 26.2 Å². The van der Waals surface area contributed by atoms with E-state index in [2.05, 4.69) is 31.2 Å². The normalized spacial score (nSPS) is 25.5. The summed E-state index contributed by atoms with van der Waals surface area (Å²) in [6.45, 7) is 2.15. The lowest BCUT2D eigenvalue weighted by molar-refractivity contribution is 0.493. The van der Waals surface area contributed by atoms with E-state index in [4.69, 9.17) is 5.73 Å². The van der Waals surface area contributed by atoms with Crippen LogP contribution in [-0.4, -0.2) is 6.04 Å². The smallest absolute Gasteiger partial charge is 0.00419 e. The zero-order valence-corrected chi connectivity index (χ0v) is 7.16. The van der Waals surface area contributed by atoms with E-state index >= 15 is 0 Å². The molecule has 1 aliphatic rings. The van der Waals surface area contributed by atoms with Crippen LogP contribution in [0.25, 0.3) is 0 Å². The van der Waals surface area contributed by atoms with Crippen molar-refractivity contribution in [2.24, 2.45) is 11.7 Å². The first-order valence-corrected chi connectivity index (χ1v) is 4.42. The van der Waals surface area contributed by atoms with Crippen LogP contribution in [0.4, 0.5) is 0 Å². The van der Waals surface area contributed by atoms with Crippen molar-refractivity contribution in [3.63, 3.8) is 0 Å². The average Bonchev–Trinajstić information content (AvgIpc) is 2.06. The van der Waals surface area contributed by atoms with Gasteiger partial charge in [-0.2, -0.15) is 0 Å². The van der Waals surface area contributed by atoms with Gasteiger partial charge in [-0.3, -0.25) is 0 Å². The quantitative estimate of drug-likeness (QED) is 0.657. The van der Waals surface area contributed by atoms with Gasteiger partial charge in [0.25, 0.3) is 0 Å². The molecule has 0 radical (unpaired) electrons. The average molecular weight is 151 g/mol. The molecule has 0 aliphatic heterocycles. The third kappa shape index (κ3) is 2.89. The van der Waals surface area contributed by atoms with E-state index in [0.29, 0.717) is 12.0 Å². The highest BCUT2D eigenvalue weighted by atomic mass is 14.6. The largest absolute Gasteiger partial charge is 0.328 e. The number of hydrogen-bond acceptors (Lipinski definition) is 1. The molecule has 0 aromatic heterocycles. The van der Waals surface area contributed by atoms with E-state index in [-0.39, 0.29) is 0 Å². The molecule has 0 fully saturated rings. The maximum Gasteiger partial charge on any atom is 0.00419 e. The summed E-state index contributed by atoms with van der Waals surface area (Å²) in [5, 5.41) is 0. The van der Waals surface area contributed by atoms with E-state index in [1.807, 2.05) is 0 Å². The molecule has 0 aromatic rings. The SMILES string of the molecule is CCC(N)CC1C=CC=CC1. The molecule has 62 valence electrons. The Hall–Kier alpha value is -0.560. The maximum absolute atomic E-state index is 5.85. The second-order valence-corrected chi connectivity index (χ2v) is 3.21. The summed E-state index contributed by atoms with van der Waals surface area (Å²) < 4.78 is 0. The first-order valence-electron chi connectivity index (χ1n) is 4.42. The van der Waals surface area contributed by atoms with Crippen molar-refractivity contribution < 1.29 is 0 Å². The Bertz CT molecular complexity index is 158. The molecule has 1 nitrogen and oxygen atoms in total. The fourth-order valence-corrected chi connectivity index (χ4v) is 1.36. The summed E-state index contributed by atoms with van der Waals surface area (Å²) in [6, 6.07) is 0.385. The van der Waals surface area contributed by atoms with Gasteiger partial charge < -0.3 is 5.73 Å². The van der Waals surface area contributed by atoms with Gasteiger partial charge >= 0.3 is 0 Å². The van der Waals surface area contributed by atoms with Gasteiger partial charge in [-0.25, -0.2) is 0 Å². The second-order valence-electron chi connectivity index (χ2n) is 3.21. The van der Waals surface area contributed by atoms with Crippen LogP contribution < -0.4 is 5.73 Å². The van der Waals surface area contributed by atoms with Crippen molar-refractivity contribution in [1.29, 1.82) is 0 Å². The highest BCUT2D eigenvalue weighted by Crippen LogP contribution is 2.17. The number of hydrogen-bond donors (Lipinski definition) is 1. The van der Waals surface area contributed by atoms with Gasteiger partial charge in [-0.1, -0.05) is 31.2 Å². The van der Waals surface area contributed by atoms with E-state index < -0.39 is 0 Å². The molecule has 2 unspecified atom stereocenters. The Morgan fingerprint density at radius 1 is 1.55 bits per heavy atom. The summed E-state index contributed by atoms with van der Waals surface area (Å²) in [7, 11) is 0. The Morgan fingerprint density at radius 2 is 2.36 bits per heavy atom. The zero-order chi connectivity index (χ0) is 8.10. The molecule has 0 spiro atoms. The van der Waals surface area contributed by atoms with E-state index in [9.17, 15) is 0 Å². The van der Waals surface area contributed by atoms with Crippen molar-refractivity contribution in [1.82, 2.24) is 0 Å². The number of nitrogens with two attached hydrogens (primary N) is 1. The zero-order valence-electron chi connectivity index (χ0n) is 7.16. The van der Waals surface area contributed by atoms with Crippen molar-refractivity contribution in [3.8, 4) is 0 Å². The number of rotatable bonds is 3. The van der Waals surface area contributed by atoms with Crippen LogP contribution in [0.3, 0.4) is 0 Å². The molecular formula is C10H17N. The third-order valence-electron chi connectivity index (χ3n) is 2.20. The summed E-state index contributed by atoms with van der Waals surface area (Å²) in [4.78, 5) is 0. The second kappa shape index (κ2) is 4.35. The van der Waals surface area contributed by atoms with E-state index in [0.717, 1.165) is 12.8 Å². The van der Waals surface area contributed by atoms with Crippen molar-refractivity contribution >= 4 is 0 Å². The lowest BCUT2D eigenvalue weighted by atomic mass is 9.93. The van der Waals surface area contributed by atoms with Crippen LogP contribution >= 0.6 is 0 Å².